The van der Waals surface area contributed by atoms with Crippen molar-refractivity contribution >= 4 is 57.4 Å². The molecule has 136 valence electrons. The maximum Gasteiger partial charge on any atom is 0.251 e. The lowest BCUT2D eigenvalue weighted by atomic mass is 10.1. The van der Waals surface area contributed by atoms with Crippen LogP contribution in [-0.2, 0) is 17.6 Å². The minimum atomic E-state index is -0.492. The molecule has 4 nitrogen and oxygen atoms in total. The van der Waals surface area contributed by atoms with E-state index in [1.165, 1.54) is 17.4 Å². The Morgan fingerprint density at radius 1 is 1.12 bits per heavy atom. The molecular formula is C19H18Cl2N2O2S. The number of primary amides is 1. The van der Waals surface area contributed by atoms with Crippen LogP contribution < -0.4 is 11.1 Å². The lowest BCUT2D eigenvalue weighted by molar-refractivity contribution is -0.111. The number of rotatable bonds is 4. The van der Waals surface area contributed by atoms with Crippen molar-refractivity contribution in [2.24, 2.45) is 5.73 Å². The molecule has 0 spiro atoms. The molecule has 0 atom stereocenters. The lowest BCUT2D eigenvalue weighted by Crippen LogP contribution is -2.16. The molecule has 3 N–H and O–H groups in total. The van der Waals surface area contributed by atoms with Crippen LogP contribution in [0.3, 0.4) is 0 Å². The quantitative estimate of drug-likeness (QED) is 0.546. The third-order valence-electron chi connectivity index (χ3n) is 4.28. The summed E-state index contributed by atoms with van der Waals surface area (Å²) >= 11 is 13.3. The van der Waals surface area contributed by atoms with Gasteiger partial charge in [-0.15, -0.1) is 11.3 Å². The molecule has 1 aliphatic rings. The molecule has 1 aliphatic carbocycles. The van der Waals surface area contributed by atoms with Crippen molar-refractivity contribution in [3.63, 3.8) is 0 Å². The van der Waals surface area contributed by atoms with Crippen LogP contribution in [0.15, 0.2) is 24.3 Å². The van der Waals surface area contributed by atoms with Gasteiger partial charge in [-0.2, -0.15) is 0 Å². The first kappa shape index (κ1) is 19.0. The van der Waals surface area contributed by atoms with E-state index < -0.39 is 5.91 Å². The molecule has 1 aromatic heterocycles. The number of nitrogens with one attached hydrogen (secondary N) is 1. The molecule has 0 radical (unpaired) electrons. The molecule has 7 heteroatoms. The molecule has 0 aliphatic heterocycles. The number of hydrogen-bond donors (Lipinski definition) is 2. The number of thiophene rings is 1. The molecule has 0 unspecified atom stereocenters. The summed E-state index contributed by atoms with van der Waals surface area (Å²) in [4.78, 5) is 25.4. The van der Waals surface area contributed by atoms with Gasteiger partial charge in [0.05, 0.1) is 15.6 Å². The smallest absolute Gasteiger partial charge is 0.251 e. The average molecular weight is 409 g/mol. The minimum absolute atomic E-state index is 0.324. The van der Waals surface area contributed by atoms with Crippen LogP contribution in [0.4, 0.5) is 5.00 Å². The standard InChI is InChI=1S/C19H18Cl2N2O2S/c20-13-8-6-11(10-14(13)21)7-9-16(24)23-19-17(18(22)25)12-4-2-1-3-5-15(12)26-19/h6-10H,1-5H2,(H2,22,25)(H,23,24). The van der Waals surface area contributed by atoms with E-state index in [0.29, 0.717) is 20.6 Å². The number of carbonyl (C=O) groups is 2. The normalized spacial score (nSPS) is 14.1. The zero-order valence-electron chi connectivity index (χ0n) is 14.0. The van der Waals surface area contributed by atoms with E-state index in [1.807, 2.05) is 0 Å². The summed E-state index contributed by atoms with van der Waals surface area (Å²) in [5.41, 5.74) is 7.80. The predicted octanol–water partition coefficient (Wildman–Crippen LogP) is 5.07. The Hall–Kier alpha value is -1.82. The monoisotopic (exact) mass is 408 g/mol. The summed E-state index contributed by atoms with van der Waals surface area (Å²) in [6, 6.07) is 5.11. The molecule has 1 aromatic carbocycles. The molecule has 2 aromatic rings. The summed E-state index contributed by atoms with van der Waals surface area (Å²) in [6.45, 7) is 0. The van der Waals surface area contributed by atoms with Crippen molar-refractivity contribution in [3.05, 3.63) is 55.9 Å². The van der Waals surface area contributed by atoms with Crippen LogP contribution >= 0.6 is 34.5 Å². The molecular weight excluding hydrogens is 391 g/mol. The second-order valence-electron chi connectivity index (χ2n) is 6.13. The summed E-state index contributed by atoms with van der Waals surface area (Å²) < 4.78 is 0. The summed E-state index contributed by atoms with van der Waals surface area (Å²) in [5, 5.41) is 4.22. The Balaban J connectivity index is 1.79. The third kappa shape index (κ3) is 4.29. The zero-order chi connectivity index (χ0) is 18.7. The summed E-state index contributed by atoms with van der Waals surface area (Å²) in [5.74, 6) is -0.817. The van der Waals surface area contributed by atoms with Gasteiger partial charge < -0.3 is 11.1 Å². The van der Waals surface area contributed by atoms with Gasteiger partial charge in [0.2, 0.25) is 5.91 Å². The van der Waals surface area contributed by atoms with Gasteiger partial charge in [-0.3, -0.25) is 9.59 Å². The van der Waals surface area contributed by atoms with Crippen molar-refractivity contribution in [2.45, 2.75) is 32.1 Å². The van der Waals surface area contributed by atoms with Gasteiger partial charge in [0.15, 0.2) is 0 Å². The van der Waals surface area contributed by atoms with Gasteiger partial charge in [0.25, 0.3) is 5.91 Å². The number of benzene rings is 1. The lowest BCUT2D eigenvalue weighted by Gasteiger charge is -2.04. The molecule has 0 saturated heterocycles. The van der Waals surface area contributed by atoms with E-state index >= 15 is 0 Å². The molecule has 0 bridgehead atoms. The second-order valence-corrected chi connectivity index (χ2v) is 8.05. The van der Waals surface area contributed by atoms with Crippen molar-refractivity contribution in [3.8, 4) is 0 Å². The maximum atomic E-state index is 12.3. The van der Waals surface area contributed by atoms with Gasteiger partial charge in [-0.05, 0) is 55.0 Å². The number of amides is 2. The van der Waals surface area contributed by atoms with Crippen LogP contribution in [0.5, 0.6) is 0 Å². The number of carbonyl (C=O) groups excluding carboxylic acids is 2. The van der Waals surface area contributed by atoms with Crippen molar-refractivity contribution in [2.75, 3.05) is 5.32 Å². The Morgan fingerprint density at radius 2 is 1.88 bits per heavy atom. The fourth-order valence-corrected chi connectivity index (χ4v) is 4.64. The molecule has 2 amide bonds. The first-order valence-corrected chi connectivity index (χ1v) is 9.91. The average Bonchev–Trinajstić information content (AvgIpc) is 2.77. The van der Waals surface area contributed by atoms with E-state index in [9.17, 15) is 9.59 Å². The van der Waals surface area contributed by atoms with Gasteiger partial charge >= 0.3 is 0 Å². The zero-order valence-corrected chi connectivity index (χ0v) is 16.3. The van der Waals surface area contributed by atoms with Crippen molar-refractivity contribution in [1.82, 2.24) is 0 Å². The number of aryl methyl sites for hydroxylation is 1. The first-order chi connectivity index (χ1) is 12.5. The third-order valence-corrected chi connectivity index (χ3v) is 6.22. The van der Waals surface area contributed by atoms with E-state index in [2.05, 4.69) is 5.32 Å². The largest absolute Gasteiger partial charge is 0.365 e. The molecule has 0 fully saturated rings. The minimum Gasteiger partial charge on any atom is -0.365 e. The van der Waals surface area contributed by atoms with Gasteiger partial charge in [-0.25, -0.2) is 0 Å². The number of hydrogen-bond acceptors (Lipinski definition) is 3. The van der Waals surface area contributed by atoms with E-state index in [1.54, 1.807) is 24.3 Å². The Kier molecular flexibility index (Phi) is 6.01. The van der Waals surface area contributed by atoms with Crippen LogP contribution in [-0.4, -0.2) is 11.8 Å². The highest BCUT2D eigenvalue weighted by molar-refractivity contribution is 7.17. The van der Waals surface area contributed by atoms with Gasteiger partial charge in [-0.1, -0.05) is 35.7 Å². The van der Waals surface area contributed by atoms with Crippen LogP contribution in [0.2, 0.25) is 10.0 Å². The van der Waals surface area contributed by atoms with Crippen molar-refractivity contribution in [1.29, 1.82) is 0 Å². The van der Waals surface area contributed by atoms with Crippen LogP contribution in [0, 0.1) is 0 Å². The highest BCUT2D eigenvalue weighted by atomic mass is 35.5. The molecule has 26 heavy (non-hydrogen) atoms. The summed E-state index contributed by atoms with van der Waals surface area (Å²) in [6.07, 6.45) is 8.07. The van der Waals surface area contributed by atoms with Crippen molar-refractivity contribution < 1.29 is 9.59 Å². The topological polar surface area (TPSA) is 72.2 Å². The number of anilines is 1. The van der Waals surface area contributed by atoms with Crippen LogP contribution in [0.1, 0.15) is 45.6 Å². The van der Waals surface area contributed by atoms with E-state index in [0.717, 1.165) is 48.1 Å². The molecule has 1 heterocycles. The summed E-state index contributed by atoms with van der Waals surface area (Å²) in [7, 11) is 0. The van der Waals surface area contributed by atoms with Crippen LogP contribution in [0.25, 0.3) is 6.08 Å². The number of fused-ring (bicyclic) bond motifs is 1. The Labute approximate surface area is 166 Å². The maximum absolute atomic E-state index is 12.3. The highest BCUT2D eigenvalue weighted by Crippen LogP contribution is 2.37. The fourth-order valence-electron chi connectivity index (χ4n) is 3.03. The molecule has 0 saturated carbocycles. The second kappa shape index (κ2) is 8.25. The van der Waals surface area contributed by atoms with Gasteiger partial charge in [0.1, 0.15) is 5.00 Å². The number of nitrogens with two attached hydrogens (primary N) is 1. The Bertz CT molecular complexity index is 890. The van der Waals surface area contributed by atoms with Gasteiger partial charge in [0, 0.05) is 11.0 Å². The van der Waals surface area contributed by atoms with E-state index in [4.69, 9.17) is 28.9 Å². The Morgan fingerprint density at radius 3 is 2.62 bits per heavy atom. The highest BCUT2D eigenvalue weighted by Gasteiger charge is 2.23. The first-order valence-electron chi connectivity index (χ1n) is 8.34. The van der Waals surface area contributed by atoms with E-state index in [-0.39, 0.29) is 5.91 Å². The number of halogens is 2. The predicted molar refractivity (Wildman–Crippen MR) is 108 cm³/mol. The SMILES string of the molecule is NC(=O)c1c(NC(=O)C=Cc2ccc(Cl)c(Cl)c2)sc2c1CCCCC2. The molecule has 3 rings (SSSR count). The fraction of sp³-hybridized carbons (Fsp3) is 0.263.